The number of carbonyl (C=O) groups is 1. The molecule has 162 valence electrons. The van der Waals surface area contributed by atoms with E-state index in [4.69, 9.17) is 19.0 Å². The van der Waals surface area contributed by atoms with Crippen LogP contribution in [-0.2, 0) is 24.4 Å². The van der Waals surface area contributed by atoms with Crippen molar-refractivity contribution >= 4 is 5.97 Å². The minimum Gasteiger partial charge on any atom is -0.489 e. The molecule has 1 N–H and O–H groups in total. The summed E-state index contributed by atoms with van der Waals surface area (Å²) < 4.78 is 17.4. The van der Waals surface area contributed by atoms with Gasteiger partial charge in [0.15, 0.2) is 0 Å². The highest BCUT2D eigenvalue weighted by atomic mass is 16.5. The Balaban J connectivity index is 1.30. The Morgan fingerprint density at radius 3 is 2.06 bits per heavy atom. The van der Waals surface area contributed by atoms with E-state index in [1.165, 1.54) is 0 Å². The normalized spacial score (nSPS) is 10.7. The first-order valence-electron chi connectivity index (χ1n) is 10.2. The molecule has 3 aromatic carbocycles. The quantitative estimate of drug-likeness (QED) is 0.382. The van der Waals surface area contributed by atoms with Crippen molar-refractivity contribution in [3.8, 4) is 23.0 Å². The summed E-state index contributed by atoms with van der Waals surface area (Å²) in [6, 6.07) is 24.5. The van der Waals surface area contributed by atoms with Gasteiger partial charge in [0.05, 0.1) is 6.42 Å². The van der Waals surface area contributed by atoms with Crippen LogP contribution in [0.2, 0.25) is 0 Å². The van der Waals surface area contributed by atoms with Crippen LogP contribution in [0.25, 0.3) is 11.5 Å². The number of benzene rings is 3. The van der Waals surface area contributed by atoms with Gasteiger partial charge in [0.1, 0.15) is 36.2 Å². The predicted octanol–water partition coefficient (Wildman–Crippen LogP) is 5.44. The number of oxazole rings is 1. The van der Waals surface area contributed by atoms with E-state index in [1.807, 2.05) is 61.5 Å². The molecule has 0 saturated carbocycles. The molecule has 0 aliphatic rings. The number of aryl methyl sites for hydroxylation is 1. The van der Waals surface area contributed by atoms with Crippen molar-refractivity contribution < 1.29 is 23.8 Å². The predicted molar refractivity (Wildman–Crippen MR) is 120 cm³/mol. The Kier molecular flexibility index (Phi) is 6.51. The second-order valence-corrected chi connectivity index (χ2v) is 7.32. The second-order valence-electron chi connectivity index (χ2n) is 7.32. The van der Waals surface area contributed by atoms with Crippen LogP contribution in [0.1, 0.15) is 22.6 Å². The molecule has 1 aromatic heterocycles. The molecular formula is C26H23NO5. The Bertz CT molecular complexity index is 1170. The molecule has 0 aliphatic heterocycles. The van der Waals surface area contributed by atoms with Crippen molar-refractivity contribution in [2.75, 3.05) is 0 Å². The van der Waals surface area contributed by atoms with Crippen LogP contribution in [0.5, 0.6) is 11.5 Å². The highest BCUT2D eigenvalue weighted by Crippen LogP contribution is 2.23. The number of carboxylic acid groups (broad SMARTS) is 1. The number of hydrogen-bond donors (Lipinski definition) is 1. The standard InChI is InChI=1S/C26H23NO5/c1-18-24(27-26(32-18)21-5-3-2-4-6-21)17-31-23-13-9-20(10-14-23)16-30-22-11-7-19(8-12-22)15-25(28)29/h2-14H,15-17H2,1H3,(H,28,29). The molecule has 0 bridgehead atoms. The lowest BCUT2D eigenvalue weighted by atomic mass is 10.1. The van der Waals surface area contributed by atoms with Gasteiger partial charge < -0.3 is 19.0 Å². The summed E-state index contributed by atoms with van der Waals surface area (Å²) in [5, 5.41) is 8.83. The Labute approximate surface area is 186 Å². The van der Waals surface area contributed by atoms with Crippen molar-refractivity contribution in [1.82, 2.24) is 4.98 Å². The molecule has 6 heteroatoms. The molecule has 1 heterocycles. The number of carboxylic acids is 1. The molecule has 0 atom stereocenters. The zero-order valence-corrected chi connectivity index (χ0v) is 17.7. The number of nitrogens with zero attached hydrogens (tertiary/aromatic N) is 1. The number of aromatic nitrogens is 1. The molecule has 32 heavy (non-hydrogen) atoms. The van der Waals surface area contributed by atoms with Gasteiger partial charge in [-0.15, -0.1) is 0 Å². The van der Waals surface area contributed by atoms with Crippen molar-refractivity contribution in [3.05, 3.63) is 101 Å². The summed E-state index contributed by atoms with van der Waals surface area (Å²) >= 11 is 0. The Hall–Kier alpha value is -4.06. The van der Waals surface area contributed by atoms with Crippen LogP contribution in [0.4, 0.5) is 0 Å². The van der Waals surface area contributed by atoms with Gasteiger partial charge in [-0.3, -0.25) is 4.79 Å². The molecule has 0 aliphatic carbocycles. The average Bonchev–Trinajstić information content (AvgIpc) is 3.19. The second kappa shape index (κ2) is 9.83. The molecule has 4 aromatic rings. The fraction of sp³-hybridized carbons (Fsp3) is 0.154. The van der Waals surface area contributed by atoms with Crippen molar-refractivity contribution in [3.63, 3.8) is 0 Å². The molecule has 0 fully saturated rings. The molecule has 0 radical (unpaired) electrons. The maximum atomic E-state index is 10.7. The van der Waals surface area contributed by atoms with E-state index in [0.29, 0.717) is 24.9 Å². The highest BCUT2D eigenvalue weighted by molar-refractivity contribution is 5.70. The minimum atomic E-state index is -0.851. The van der Waals surface area contributed by atoms with Crippen LogP contribution >= 0.6 is 0 Å². The van der Waals surface area contributed by atoms with E-state index >= 15 is 0 Å². The van der Waals surface area contributed by atoms with Gasteiger partial charge in [-0.05, 0) is 54.4 Å². The zero-order valence-electron chi connectivity index (χ0n) is 17.7. The van der Waals surface area contributed by atoms with Gasteiger partial charge in [-0.25, -0.2) is 4.98 Å². The van der Waals surface area contributed by atoms with E-state index in [9.17, 15) is 4.79 Å². The molecule has 0 amide bonds. The first-order chi connectivity index (χ1) is 15.6. The number of rotatable bonds is 9. The van der Waals surface area contributed by atoms with Gasteiger partial charge in [0, 0.05) is 5.56 Å². The molecule has 6 nitrogen and oxygen atoms in total. The molecule has 0 saturated heterocycles. The van der Waals surface area contributed by atoms with E-state index in [0.717, 1.165) is 33.9 Å². The maximum absolute atomic E-state index is 10.7. The lowest BCUT2D eigenvalue weighted by Gasteiger charge is -2.09. The lowest BCUT2D eigenvalue weighted by Crippen LogP contribution is -2.00. The fourth-order valence-corrected chi connectivity index (χ4v) is 3.14. The lowest BCUT2D eigenvalue weighted by molar-refractivity contribution is -0.136. The smallest absolute Gasteiger partial charge is 0.307 e. The van der Waals surface area contributed by atoms with Crippen LogP contribution < -0.4 is 9.47 Å². The molecule has 4 rings (SSSR count). The number of ether oxygens (including phenoxy) is 2. The SMILES string of the molecule is Cc1oc(-c2ccccc2)nc1COc1ccc(COc2ccc(CC(=O)O)cc2)cc1. The monoisotopic (exact) mass is 429 g/mol. The molecule has 0 spiro atoms. The van der Waals surface area contributed by atoms with Gasteiger partial charge in [0.2, 0.25) is 5.89 Å². The summed E-state index contributed by atoms with van der Waals surface area (Å²) in [6.07, 6.45) is 0.00315. The van der Waals surface area contributed by atoms with Crippen LogP contribution in [0.3, 0.4) is 0 Å². The third-order valence-electron chi connectivity index (χ3n) is 4.90. The summed E-state index contributed by atoms with van der Waals surface area (Å²) in [5.41, 5.74) is 3.44. The summed E-state index contributed by atoms with van der Waals surface area (Å²) in [4.78, 5) is 15.3. The zero-order chi connectivity index (χ0) is 22.3. The van der Waals surface area contributed by atoms with Gasteiger partial charge in [-0.1, -0.05) is 42.5 Å². The third kappa shape index (κ3) is 5.55. The maximum Gasteiger partial charge on any atom is 0.307 e. The van der Waals surface area contributed by atoms with E-state index in [1.54, 1.807) is 24.3 Å². The summed E-state index contributed by atoms with van der Waals surface area (Å²) in [7, 11) is 0. The van der Waals surface area contributed by atoms with Gasteiger partial charge in [-0.2, -0.15) is 0 Å². The van der Waals surface area contributed by atoms with Crippen molar-refractivity contribution in [2.24, 2.45) is 0 Å². The Morgan fingerprint density at radius 1 is 0.844 bits per heavy atom. The minimum absolute atomic E-state index is 0.00315. The van der Waals surface area contributed by atoms with E-state index < -0.39 is 5.97 Å². The van der Waals surface area contributed by atoms with Crippen molar-refractivity contribution in [2.45, 2.75) is 26.6 Å². The average molecular weight is 429 g/mol. The van der Waals surface area contributed by atoms with E-state index in [2.05, 4.69) is 4.98 Å². The van der Waals surface area contributed by atoms with Gasteiger partial charge >= 0.3 is 5.97 Å². The summed E-state index contributed by atoms with van der Waals surface area (Å²) in [5.74, 6) is 1.90. The first-order valence-corrected chi connectivity index (χ1v) is 10.2. The molecular weight excluding hydrogens is 406 g/mol. The van der Waals surface area contributed by atoms with Crippen LogP contribution in [-0.4, -0.2) is 16.1 Å². The van der Waals surface area contributed by atoms with E-state index in [-0.39, 0.29) is 6.42 Å². The number of aliphatic carboxylic acids is 1. The topological polar surface area (TPSA) is 81.8 Å². The van der Waals surface area contributed by atoms with Crippen LogP contribution in [0.15, 0.2) is 83.3 Å². The Morgan fingerprint density at radius 2 is 1.44 bits per heavy atom. The summed E-state index contributed by atoms with van der Waals surface area (Å²) in [6.45, 7) is 2.61. The van der Waals surface area contributed by atoms with Crippen molar-refractivity contribution in [1.29, 1.82) is 0 Å². The van der Waals surface area contributed by atoms with Crippen LogP contribution in [0, 0.1) is 6.92 Å². The third-order valence-corrected chi connectivity index (χ3v) is 4.90. The first kappa shape index (κ1) is 21.2. The van der Waals surface area contributed by atoms with Gasteiger partial charge in [0.25, 0.3) is 0 Å². The largest absolute Gasteiger partial charge is 0.489 e. The number of hydrogen-bond acceptors (Lipinski definition) is 5. The fourth-order valence-electron chi connectivity index (χ4n) is 3.14. The highest BCUT2D eigenvalue weighted by Gasteiger charge is 2.12. The molecule has 0 unspecified atom stereocenters.